The summed E-state index contributed by atoms with van der Waals surface area (Å²) in [4.78, 5) is 10.8. The Morgan fingerprint density at radius 3 is 2.85 bits per heavy atom. The molecule has 0 aliphatic carbocycles. The first-order valence-corrected chi connectivity index (χ1v) is 6.38. The van der Waals surface area contributed by atoms with Crippen LogP contribution in [-0.4, -0.2) is 23.1 Å². The van der Waals surface area contributed by atoms with E-state index >= 15 is 0 Å². The first-order valence-electron chi connectivity index (χ1n) is 4.34. The fourth-order valence-corrected chi connectivity index (χ4v) is 1.36. The number of hydrogen-bond donors (Lipinski definition) is 2. The highest BCUT2D eigenvalue weighted by Crippen LogP contribution is 2.08. The fourth-order valence-electron chi connectivity index (χ4n) is 0.866. The lowest BCUT2D eigenvalue weighted by molar-refractivity contribution is -0.165. The number of unbranched alkanes of at least 4 members (excludes halogenated alkanes) is 2. The summed E-state index contributed by atoms with van der Waals surface area (Å²) >= 11 is 3.80. The van der Waals surface area contributed by atoms with Gasteiger partial charge in [-0.25, -0.2) is 0 Å². The van der Waals surface area contributed by atoms with Crippen LogP contribution in [0, 0.1) is 0 Å². The van der Waals surface area contributed by atoms with Crippen molar-refractivity contribution in [3.63, 3.8) is 0 Å². The number of thiol groups is 1. The summed E-state index contributed by atoms with van der Waals surface area (Å²) in [6.45, 7) is 2.08. The van der Waals surface area contributed by atoms with Gasteiger partial charge in [0.05, 0.1) is 0 Å². The Labute approximate surface area is 88.0 Å². The standard InChI is InChI=1S/C8H16O3S2/c1-2-3-4-5-7(9)11-8(10)6-13-12/h7,9,12H,2-6H2,1H3. The highest BCUT2D eigenvalue weighted by molar-refractivity contribution is 8.68. The second-order valence-corrected chi connectivity index (χ2v) is 4.04. The minimum absolute atomic E-state index is 0.175. The van der Waals surface area contributed by atoms with Gasteiger partial charge in [-0.3, -0.25) is 4.79 Å². The van der Waals surface area contributed by atoms with Crippen LogP contribution in [0.25, 0.3) is 0 Å². The Morgan fingerprint density at radius 1 is 1.62 bits per heavy atom. The molecule has 0 aliphatic heterocycles. The molecule has 78 valence electrons. The number of carbonyl (C=O) groups excluding carboxylic acids is 1. The second kappa shape index (κ2) is 8.72. The van der Waals surface area contributed by atoms with E-state index in [0.29, 0.717) is 6.42 Å². The van der Waals surface area contributed by atoms with Crippen molar-refractivity contribution in [1.29, 1.82) is 0 Å². The van der Waals surface area contributed by atoms with Crippen LogP contribution in [0.2, 0.25) is 0 Å². The van der Waals surface area contributed by atoms with Crippen molar-refractivity contribution in [1.82, 2.24) is 0 Å². The fraction of sp³-hybridized carbons (Fsp3) is 0.875. The van der Waals surface area contributed by atoms with E-state index in [0.717, 1.165) is 30.1 Å². The number of esters is 1. The SMILES string of the molecule is CCCCCC(O)OC(=O)CSS. The molecule has 0 aromatic rings. The van der Waals surface area contributed by atoms with Crippen molar-refractivity contribution < 1.29 is 14.6 Å². The molecule has 1 unspecified atom stereocenters. The summed E-state index contributed by atoms with van der Waals surface area (Å²) in [6.07, 6.45) is 2.61. The van der Waals surface area contributed by atoms with E-state index in [4.69, 9.17) is 0 Å². The van der Waals surface area contributed by atoms with E-state index < -0.39 is 12.3 Å². The van der Waals surface area contributed by atoms with Gasteiger partial charge in [-0.2, -0.15) is 0 Å². The van der Waals surface area contributed by atoms with Crippen molar-refractivity contribution in [3.8, 4) is 0 Å². The van der Waals surface area contributed by atoms with E-state index in [9.17, 15) is 9.90 Å². The number of carbonyl (C=O) groups is 1. The zero-order valence-electron chi connectivity index (χ0n) is 7.73. The average molecular weight is 224 g/mol. The minimum Gasteiger partial charge on any atom is -0.435 e. The molecular formula is C8H16O3S2. The van der Waals surface area contributed by atoms with Gasteiger partial charge in [-0.05, 0) is 6.42 Å². The van der Waals surface area contributed by atoms with Gasteiger partial charge in [-0.15, -0.1) is 11.7 Å². The number of rotatable bonds is 7. The molecule has 1 N–H and O–H groups in total. The normalized spacial score (nSPS) is 12.5. The highest BCUT2D eigenvalue weighted by atomic mass is 33.1. The summed E-state index contributed by atoms with van der Waals surface area (Å²) in [5.74, 6) is -0.238. The van der Waals surface area contributed by atoms with Crippen molar-refractivity contribution in [2.45, 2.75) is 38.9 Å². The first kappa shape index (κ1) is 13.1. The van der Waals surface area contributed by atoms with Crippen LogP contribution in [0.1, 0.15) is 32.6 Å². The Morgan fingerprint density at radius 2 is 2.31 bits per heavy atom. The van der Waals surface area contributed by atoms with Gasteiger partial charge in [0.1, 0.15) is 5.75 Å². The Hall–Kier alpha value is 0.130. The molecule has 5 heteroatoms. The van der Waals surface area contributed by atoms with Gasteiger partial charge in [0.15, 0.2) is 0 Å². The van der Waals surface area contributed by atoms with Crippen LogP contribution in [0.3, 0.4) is 0 Å². The van der Waals surface area contributed by atoms with E-state index in [1.807, 2.05) is 0 Å². The summed E-state index contributed by atoms with van der Waals surface area (Å²) in [5.41, 5.74) is 0. The number of aliphatic hydroxyl groups excluding tert-OH is 1. The van der Waals surface area contributed by atoms with E-state index in [2.05, 4.69) is 23.3 Å². The molecule has 13 heavy (non-hydrogen) atoms. The molecule has 0 saturated heterocycles. The van der Waals surface area contributed by atoms with Crippen molar-refractivity contribution >= 4 is 28.4 Å². The third-order valence-electron chi connectivity index (χ3n) is 1.50. The first-order chi connectivity index (χ1) is 6.20. The molecule has 0 fully saturated rings. The number of aliphatic hydroxyl groups is 1. The van der Waals surface area contributed by atoms with Crippen LogP contribution in [0.5, 0.6) is 0 Å². The molecule has 0 rings (SSSR count). The molecule has 0 bridgehead atoms. The molecule has 3 nitrogen and oxygen atoms in total. The lowest BCUT2D eigenvalue weighted by Crippen LogP contribution is -2.18. The molecule has 0 amide bonds. The third-order valence-corrected chi connectivity index (χ3v) is 2.26. The van der Waals surface area contributed by atoms with E-state index in [-0.39, 0.29) is 5.75 Å². The maximum absolute atomic E-state index is 10.8. The summed E-state index contributed by atoms with van der Waals surface area (Å²) in [5, 5.41) is 9.20. The van der Waals surface area contributed by atoms with Crippen LogP contribution in [0.4, 0.5) is 0 Å². The Balaban J connectivity index is 3.38. The van der Waals surface area contributed by atoms with Gasteiger partial charge in [0.2, 0.25) is 6.29 Å². The Bertz CT molecular complexity index is 141. The summed E-state index contributed by atoms with van der Waals surface area (Å²) in [6, 6.07) is 0. The second-order valence-electron chi connectivity index (χ2n) is 2.71. The summed E-state index contributed by atoms with van der Waals surface area (Å²) < 4.78 is 4.68. The predicted octanol–water partition coefficient (Wildman–Crippen LogP) is 2.01. The number of ether oxygens (including phenoxy) is 1. The molecule has 0 saturated carbocycles. The molecule has 1 atom stereocenters. The van der Waals surface area contributed by atoms with Crippen molar-refractivity contribution in [2.75, 3.05) is 5.75 Å². The molecule has 0 heterocycles. The van der Waals surface area contributed by atoms with Crippen LogP contribution in [0.15, 0.2) is 0 Å². The van der Waals surface area contributed by atoms with Gasteiger partial charge in [-0.1, -0.05) is 30.6 Å². The van der Waals surface area contributed by atoms with E-state index in [1.165, 1.54) is 0 Å². The maximum atomic E-state index is 10.8. The van der Waals surface area contributed by atoms with Crippen LogP contribution in [-0.2, 0) is 9.53 Å². The smallest absolute Gasteiger partial charge is 0.319 e. The zero-order valence-corrected chi connectivity index (χ0v) is 9.44. The monoisotopic (exact) mass is 224 g/mol. The Kier molecular flexibility index (Phi) is 8.80. The molecule has 0 spiro atoms. The molecule has 0 aromatic carbocycles. The minimum atomic E-state index is -0.945. The summed E-state index contributed by atoms with van der Waals surface area (Å²) in [7, 11) is 1.09. The maximum Gasteiger partial charge on any atom is 0.319 e. The zero-order chi connectivity index (χ0) is 10.1. The van der Waals surface area contributed by atoms with Crippen LogP contribution < -0.4 is 0 Å². The van der Waals surface area contributed by atoms with Crippen molar-refractivity contribution in [2.24, 2.45) is 0 Å². The molecule has 0 aromatic heterocycles. The largest absolute Gasteiger partial charge is 0.435 e. The van der Waals surface area contributed by atoms with Crippen molar-refractivity contribution in [3.05, 3.63) is 0 Å². The van der Waals surface area contributed by atoms with Gasteiger partial charge < -0.3 is 9.84 Å². The predicted molar refractivity (Wildman–Crippen MR) is 57.7 cm³/mol. The average Bonchev–Trinajstić information content (AvgIpc) is 2.05. The van der Waals surface area contributed by atoms with E-state index in [1.54, 1.807) is 0 Å². The van der Waals surface area contributed by atoms with Crippen LogP contribution >= 0.6 is 22.5 Å². The third kappa shape index (κ3) is 8.46. The highest BCUT2D eigenvalue weighted by Gasteiger charge is 2.09. The van der Waals surface area contributed by atoms with Gasteiger partial charge >= 0.3 is 5.97 Å². The lowest BCUT2D eigenvalue weighted by Gasteiger charge is -2.10. The quantitative estimate of drug-likeness (QED) is 0.228. The van der Waals surface area contributed by atoms with Gasteiger partial charge in [0.25, 0.3) is 0 Å². The number of hydrogen-bond acceptors (Lipinski definition) is 5. The molecule has 0 aliphatic rings. The van der Waals surface area contributed by atoms with Gasteiger partial charge in [0, 0.05) is 6.42 Å². The molecule has 0 radical (unpaired) electrons. The molecular weight excluding hydrogens is 208 g/mol. The lowest BCUT2D eigenvalue weighted by atomic mass is 10.2. The topological polar surface area (TPSA) is 46.5 Å².